The number of nitrogens with zero attached hydrogens (tertiary/aromatic N) is 4. The molecular formula is C39H40Cl2N6O5S. The highest BCUT2D eigenvalue weighted by Crippen LogP contribution is 2.43. The first-order valence-electron chi connectivity index (χ1n) is 17.3. The maximum Gasteiger partial charge on any atom is 0.268 e. The molecule has 14 heteroatoms. The number of aromatic nitrogens is 3. The van der Waals surface area contributed by atoms with Crippen LogP contribution in [0.15, 0.2) is 89.6 Å². The van der Waals surface area contributed by atoms with Gasteiger partial charge in [-0.2, -0.15) is 5.10 Å². The standard InChI is InChI=1S/C39H40Cl2N6O5S/c1-39(2)14-13-26(31(21-39)25-7-9-27(40)10-8-25)24-46-15-17-47(18-16-46)28-11-12-30(36(19-28)52-35-6-4-5-34-32(35)23-43-44-34)37(48)45-53(49,50)29-20-33(41)38(51-3)42-22-29/h4-12,19-20,22-23H,13-18,21,24H2,1-3H3,(H,43,44)(H,45,48). The summed E-state index contributed by atoms with van der Waals surface area (Å²) in [5.74, 6) is -0.153. The van der Waals surface area contributed by atoms with Gasteiger partial charge in [0.05, 0.1) is 36.0 Å². The smallest absolute Gasteiger partial charge is 0.268 e. The number of ether oxygens (including phenoxy) is 2. The Hall–Kier alpha value is -4.62. The van der Waals surface area contributed by atoms with E-state index in [2.05, 4.69) is 55.7 Å². The molecule has 53 heavy (non-hydrogen) atoms. The minimum absolute atomic E-state index is 0.00841. The van der Waals surface area contributed by atoms with Crippen molar-refractivity contribution in [1.29, 1.82) is 0 Å². The van der Waals surface area contributed by atoms with E-state index in [0.717, 1.165) is 74.4 Å². The SMILES string of the molecule is COc1ncc(S(=O)(=O)NC(=O)c2ccc(N3CCN(CC4=C(c5ccc(Cl)cc5)CC(C)(C)CC4)CC3)cc2Oc2cccc3[nH]ncc23)cc1Cl. The van der Waals surface area contributed by atoms with E-state index < -0.39 is 15.9 Å². The van der Waals surface area contributed by atoms with Gasteiger partial charge in [-0.3, -0.25) is 14.8 Å². The van der Waals surface area contributed by atoms with Gasteiger partial charge >= 0.3 is 0 Å². The third-order valence-corrected chi connectivity index (χ3v) is 11.7. The first-order valence-corrected chi connectivity index (χ1v) is 19.6. The second kappa shape index (κ2) is 15.0. The number of sulfonamides is 1. The summed E-state index contributed by atoms with van der Waals surface area (Å²) in [7, 11) is -2.98. The molecule has 1 fully saturated rings. The van der Waals surface area contributed by atoms with Gasteiger partial charge in [0.2, 0.25) is 5.88 Å². The monoisotopic (exact) mass is 774 g/mol. The molecule has 276 valence electrons. The predicted molar refractivity (Wildman–Crippen MR) is 208 cm³/mol. The van der Waals surface area contributed by atoms with Gasteiger partial charge in [0.25, 0.3) is 15.9 Å². The van der Waals surface area contributed by atoms with Crippen LogP contribution >= 0.6 is 23.2 Å². The maximum atomic E-state index is 13.7. The number of pyridine rings is 1. The fraction of sp³-hybridized carbons (Fsp3) is 0.308. The highest BCUT2D eigenvalue weighted by atomic mass is 35.5. The molecule has 0 radical (unpaired) electrons. The average Bonchev–Trinajstić information content (AvgIpc) is 3.63. The molecule has 3 heterocycles. The van der Waals surface area contributed by atoms with Gasteiger partial charge in [0, 0.05) is 49.5 Å². The van der Waals surface area contributed by atoms with Gasteiger partial charge < -0.3 is 14.4 Å². The van der Waals surface area contributed by atoms with Crippen molar-refractivity contribution in [2.75, 3.05) is 44.7 Å². The molecule has 2 aromatic heterocycles. The number of piperazine rings is 1. The van der Waals surface area contributed by atoms with Crippen LogP contribution in [0.3, 0.4) is 0 Å². The fourth-order valence-electron chi connectivity index (χ4n) is 6.97. The molecular weight excluding hydrogens is 735 g/mol. The van der Waals surface area contributed by atoms with Gasteiger partial charge in [0.15, 0.2) is 0 Å². The summed E-state index contributed by atoms with van der Waals surface area (Å²) in [6, 6.07) is 20.0. The number of allylic oxidation sites excluding steroid dienone is 1. The number of anilines is 1. The third kappa shape index (κ3) is 8.16. The van der Waals surface area contributed by atoms with Crippen LogP contribution < -0.4 is 19.1 Å². The molecule has 0 bridgehead atoms. The lowest BCUT2D eigenvalue weighted by atomic mass is 9.72. The van der Waals surface area contributed by atoms with Crippen LogP contribution in [0, 0.1) is 5.41 Å². The zero-order valence-electron chi connectivity index (χ0n) is 29.7. The van der Waals surface area contributed by atoms with Crippen molar-refractivity contribution in [3.8, 4) is 17.4 Å². The number of amides is 1. The molecule has 7 rings (SSSR count). The third-order valence-electron chi connectivity index (χ3n) is 9.92. The molecule has 5 aromatic rings. The molecule has 0 spiro atoms. The highest BCUT2D eigenvalue weighted by molar-refractivity contribution is 7.90. The highest BCUT2D eigenvalue weighted by Gasteiger charge is 2.30. The lowest BCUT2D eigenvalue weighted by Gasteiger charge is -2.39. The van der Waals surface area contributed by atoms with Gasteiger partial charge in [0.1, 0.15) is 21.4 Å². The number of benzene rings is 3. The Labute approximate surface area is 318 Å². The summed E-state index contributed by atoms with van der Waals surface area (Å²) in [5.41, 5.74) is 6.04. The lowest BCUT2D eigenvalue weighted by Crippen LogP contribution is -2.47. The number of aromatic amines is 1. The summed E-state index contributed by atoms with van der Waals surface area (Å²) in [6.45, 7) is 8.82. The van der Waals surface area contributed by atoms with Crippen molar-refractivity contribution in [1.82, 2.24) is 24.8 Å². The number of rotatable bonds is 10. The topological polar surface area (TPSA) is 130 Å². The molecule has 3 aromatic carbocycles. The summed E-state index contributed by atoms with van der Waals surface area (Å²) >= 11 is 12.4. The molecule has 0 saturated carbocycles. The van der Waals surface area contributed by atoms with Crippen LogP contribution in [0.25, 0.3) is 16.5 Å². The largest absolute Gasteiger partial charge is 0.480 e. The van der Waals surface area contributed by atoms with Gasteiger partial charge in [-0.15, -0.1) is 0 Å². The van der Waals surface area contributed by atoms with Crippen molar-refractivity contribution in [2.45, 2.75) is 38.0 Å². The van der Waals surface area contributed by atoms with Crippen molar-refractivity contribution in [3.63, 3.8) is 0 Å². The Morgan fingerprint density at radius 3 is 2.49 bits per heavy atom. The van der Waals surface area contributed by atoms with Crippen molar-refractivity contribution in [3.05, 3.63) is 106 Å². The molecule has 1 amide bonds. The zero-order chi connectivity index (χ0) is 37.3. The number of halogens is 2. The van der Waals surface area contributed by atoms with Crippen LogP contribution in [-0.4, -0.2) is 74.2 Å². The van der Waals surface area contributed by atoms with E-state index in [1.54, 1.807) is 24.4 Å². The number of carbonyl (C=O) groups excluding carboxylic acids is 1. The summed E-state index contributed by atoms with van der Waals surface area (Å²) in [4.78, 5) is 22.1. The molecule has 11 nitrogen and oxygen atoms in total. The molecule has 2 aliphatic rings. The van der Waals surface area contributed by atoms with Gasteiger partial charge in [-0.25, -0.2) is 18.1 Å². The minimum Gasteiger partial charge on any atom is -0.480 e. The number of methoxy groups -OCH3 is 1. The van der Waals surface area contributed by atoms with Gasteiger partial charge in [-0.05, 0) is 78.3 Å². The first-order chi connectivity index (χ1) is 25.4. The number of fused-ring (bicyclic) bond motifs is 1. The first kappa shape index (κ1) is 36.7. The van der Waals surface area contributed by atoms with E-state index >= 15 is 0 Å². The summed E-state index contributed by atoms with van der Waals surface area (Å²) in [6.07, 6.45) is 5.96. The van der Waals surface area contributed by atoms with Crippen molar-refractivity contribution < 1.29 is 22.7 Å². The lowest BCUT2D eigenvalue weighted by molar-refractivity contribution is 0.0979. The van der Waals surface area contributed by atoms with Crippen LogP contribution in [-0.2, 0) is 10.0 Å². The molecule has 0 unspecified atom stereocenters. The van der Waals surface area contributed by atoms with E-state index in [-0.39, 0.29) is 32.5 Å². The Morgan fingerprint density at radius 1 is 0.981 bits per heavy atom. The van der Waals surface area contributed by atoms with Crippen molar-refractivity contribution >= 4 is 61.3 Å². The average molecular weight is 776 g/mol. The second-order valence-electron chi connectivity index (χ2n) is 14.2. The van der Waals surface area contributed by atoms with E-state index in [1.807, 2.05) is 30.3 Å². The number of H-pyrrole nitrogens is 1. The summed E-state index contributed by atoms with van der Waals surface area (Å²) in [5, 5.41) is 8.49. The zero-order valence-corrected chi connectivity index (χ0v) is 32.0. The predicted octanol–water partition coefficient (Wildman–Crippen LogP) is 7.97. The molecule has 1 aliphatic carbocycles. The minimum atomic E-state index is -4.35. The van der Waals surface area contributed by atoms with Crippen LogP contribution in [0.1, 0.15) is 49.0 Å². The Balaban J connectivity index is 1.12. The van der Waals surface area contributed by atoms with Gasteiger partial charge in [-0.1, -0.05) is 60.8 Å². The number of hydrogen-bond donors (Lipinski definition) is 2. The molecule has 2 N–H and O–H groups in total. The maximum absolute atomic E-state index is 13.7. The van der Waals surface area contributed by atoms with Crippen LogP contribution in [0.4, 0.5) is 5.69 Å². The molecule has 0 atom stereocenters. The fourth-order valence-corrected chi connectivity index (χ4v) is 8.34. The number of hydrogen-bond acceptors (Lipinski definition) is 9. The Morgan fingerprint density at radius 2 is 1.75 bits per heavy atom. The van der Waals surface area contributed by atoms with Crippen LogP contribution in [0.5, 0.6) is 17.4 Å². The second-order valence-corrected chi connectivity index (χ2v) is 16.7. The quantitative estimate of drug-likeness (QED) is 0.145. The normalized spacial score (nSPS) is 16.5. The summed E-state index contributed by atoms with van der Waals surface area (Å²) < 4.78 is 40.1. The Kier molecular flexibility index (Phi) is 10.4. The number of carbonyl (C=O) groups is 1. The van der Waals surface area contributed by atoms with E-state index in [9.17, 15) is 13.2 Å². The van der Waals surface area contributed by atoms with E-state index in [0.29, 0.717) is 11.1 Å². The van der Waals surface area contributed by atoms with E-state index in [1.165, 1.54) is 29.9 Å². The van der Waals surface area contributed by atoms with Crippen LogP contribution in [0.2, 0.25) is 10.0 Å². The van der Waals surface area contributed by atoms with Crippen molar-refractivity contribution in [2.24, 2.45) is 5.41 Å². The Bertz CT molecular complexity index is 2300. The van der Waals surface area contributed by atoms with E-state index in [4.69, 9.17) is 32.7 Å². The molecule has 1 saturated heterocycles. The number of nitrogens with one attached hydrogen (secondary N) is 2. The molecule has 1 aliphatic heterocycles.